The zero-order chi connectivity index (χ0) is 22.2. The van der Waals surface area contributed by atoms with Crippen LogP contribution in [0.4, 0.5) is 16.3 Å². The second-order valence-corrected chi connectivity index (χ2v) is 7.42. The molecular formula is C22H27N7O2. The van der Waals surface area contributed by atoms with Gasteiger partial charge in [0.05, 0.1) is 5.69 Å². The topological polar surface area (TPSA) is 123 Å². The van der Waals surface area contributed by atoms with E-state index >= 15 is 0 Å². The highest BCUT2D eigenvalue weighted by atomic mass is 16.2. The molecule has 1 fully saturated rings. The number of nitriles is 1. The van der Waals surface area contributed by atoms with Crippen LogP contribution < -0.4 is 20.9 Å². The molecule has 0 spiro atoms. The Labute approximate surface area is 181 Å². The average Bonchev–Trinajstić information content (AvgIpc) is 2.79. The number of nitrogens with one attached hydrogen (secondary N) is 3. The van der Waals surface area contributed by atoms with Gasteiger partial charge in [0.1, 0.15) is 17.6 Å². The van der Waals surface area contributed by atoms with E-state index in [-0.39, 0.29) is 23.3 Å². The maximum Gasteiger partial charge on any atom is 0.320 e. The van der Waals surface area contributed by atoms with E-state index in [9.17, 15) is 14.9 Å². The first kappa shape index (κ1) is 22.0. The highest BCUT2D eigenvalue weighted by Crippen LogP contribution is 2.28. The second-order valence-electron chi connectivity index (χ2n) is 7.42. The van der Waals surface area contributed by atoms with Gasteiger partial charge in [-0.25, -0.2) is 14.8 Å². The molecule has 1 aliphatic rings. The van der Waals surface area contributed by atoms with Crippen LogP contribution in [0.25, 0.3) is 0 Å². The van der Waals surface area contributed by atoms with Gasteiger partial charge in [0.2, 0.25) is 0 Å². The average molecular weight is 422 g/mol. The Morgan fingerprint density at radius 2 is 2.03 bits per heavy atom. The Morgan fingerprint density at radius 1 is 1.26 bits per heavy atom. The SMILES string of the molecule is CCNC(=O)Nc1cc(CC2CCN(c3ccc(C(=O)NC)nc3C#N)CC2)ccn1. The first-order chi connectivity index (χ1) is 15.0. The smallest absolute Gasteiger partial charge is 0.320 e. The molecule has 0 atom stereocenters. The lowest BCUT2D eigenvalue weighted by atomic mass is 9.90. The summed E-state index contributed by atoms with van der Waals surface area (Å²) in [5.74, 6) is 0.738. The maximum absolute atomic E-state index is 11.8. The van der Waals surface area contributed by atoms with E-state index in [1.165, 1.54) is 7.05 Å². The summed E-state index contributed by atoms with van der Waals surface area (Å²) in [4.78, 5) is 34.0. The van der Waals surface area contributed by atoms with E-state index in [0.29, 0.717) is 18.3 Å². The van der Waals surface area contributed by atoms with E-state index in [0.717, 1.165) is 43.6 Å². The van der Waals surface area contributed by atoms with Crippen LogP contribution in [0.1, 0.15) is 41.5 Å². The lowest BCUT2D eigenvalue weighted by Crippen LogP contribution is -2.35. The normalized spacial score (nSPS) is 13.9. The Kier molecular flexibility index (Phi) is 7.38. The number of aromatic nitrogens is 2. The van der Waals surface area contributed by atoms with Crippen LogP contribution in [-0.4, -0.2) is 48.6 Å². The molecule has 9 nitrogen and oxygen atoms in total. The van der Waals surface area contributed by atoms with E-state index in [1.807, 2.05) is 19.1 Å². The van der Waals surface area contributed by atoms with Crippen molar-refractivity contribution in [2.75, 3.05) is 36.9 Å². The number of amides is 3. The first-order valence-corrected chi connectivity index (χ1v) is 10.4. The largest absolute Gasteiger partial charge is 0.369 e. The number of hydrogen-bond acceptors (Lipinski definition) is 6. The fourth-order valence-electron chi connectivity index (χ4n) is 3.75. The Hall–Kier alpha value is -3.67. The molecule has 0 aliphatic carbocycles. The van der Waals surface area contributed by atoms with Gasteiger partial charge in [-0.1, -0.05) is 0 Å². The minimum Gasteiger partial charge on any atom is -0.369 e. The Morgan fingerprint density at radius 3 is 2.71 bits per heavy atom. The van der Waals surface area contributed by atoms with Crippen molar-refractivity contribution in [2.45, 2.75) is 26.2 Å². The molecule has 31 heavy (non-hydrogen) atoms. The number of carbonyl (C=O) groups is 2. The van der Waals surface area contributed by atoms with Crippen molar-refractivity contribution in [1.82, 2.24) is 20.6 Å². The number of rotatable bonds is 6. The molecule has 0 unspecified atom stereocenters. The van der Waals surface area contributed by atoms with Gasteiger partial charge in [0.25, 0.3) is 5.91 Å². The van der Waals surface area contributed by atoms with Crippen LogP contribution in [-0.2, 0) is 6.42 Å². The summed E-state index contributed by atoms with van der Waals surface area (Å²) in [5.41, 5.74) is 2.42. The summed E-state index contributed by atoms with van der Waals surface area (Å²) < 4.78 is 0. The van der Waals surface area contributed by atoms with Gasteiger partial charge in [-0.3, -0.25) is 10.1 Å². The number of pyridine rings is 2. The number of nitrogens with zero attached hydrogens (tertiary/aromatic N) is 4. The van der Waals surface area contributed by atoms with Crippen LogP contribution in [0.2, 0.25) is 0 Å². The number of hydrogen-bond donors (Lipinski definition) is 3. The lowest BCUT2D eigenvalue weighted by Gasteiger charge is -2.34. The van der Waals surface area contributed by atoms with Gasteiger partial charge in [0, 0.05) is 32.9 Å². The van der Waals surface area contributed by atoms with Crippen LogP contribution >= 0.6 is 0 Å². The third kappa shape index (κ3) is 5.69. The molecule has 1 aliphatic heterocycles. The third-order valence-electron chi connectivity index (χ3n) is 5.32. The first-order valence-electron chi connectivity index (χ1n) is 10.4. The molecule has 0 radical (unpaired) electrons. The van der Waals surface area contributed by atoms with Crippen molar-refractivity contribution >= 4 is 23.4 Å². The standard InChI is InChI=1S/C22H27N7O2/c1-3-25-22(31)28-20-13-16(6-9-26-20)12-15-7-10-29(11-8-15)19-5-4-17(21(30)24-2)27-18(19)14-23/h4-6,9,13,15H,3,7-8,10-12H2,1-2H3,(H,24,30)(H2,25,26,28,31). The summed E-state index contributed by atoms with van der Waals surface area (Å²) in [7, 11) is 1.54. The highest BCUT2D eigenvalue weighted by molar-refractivity contribution is 5.92. The molecule has 0 saturated carbocycles. The highest BCUT2D eigenvalue weighted by Gasteiger charge is 2.23. The molecule has 3 heterocycles. The van der Waals surface area contributed by atoms with Crippen LogP contribution in [0, 0.1) is 17.2 Å². The molecule has 0 bridgehead atoms. The minimum atomic E-state index is -0.305. The van der Waals surface area contributed by atoms with Gasteiger partial charge in [-0.15, -0.1) is 0 Å². The summed E-state index contributed by atoms with van der Waals surface area (Å²) in [6.45, 7) is 4.05. The Bertz CT molecular complexity index is 978. The molecule has 3 N–H and O–H groups in total. The molecule has 1 saturated heterocycles. The lowest BCUT2D eigenvalue weighted by molar-refractivity contribution is 0.0958. The van der Waals surface area contributed by atoms with Gasteiger partial charge < -0.3 is 15.5 Å². The molecule has 2 aromatic rings. The summed E-state index contributed by atoms with van der Waals surface area (Å²) in [6.07, 6.45) is 4.57. The van der Waals surface area contributed by atoms with E-state index < -0.39 is 0 Å². The van der Waals surface area contributed by atoms with Crippen LogP contribution in [0.15, 0.2) is 30.5 Å². The summed E-state index contributed by atoms with van der Waals surface area (Å²) >= 11 is 0. The van der Waals surface area contributed by atoms with Crippen LogP contribution in [0.5, 0.6) is 0 Å². The molecule has 162 valence electrons. The summed E-state index contributed by atoms with van der Waals surface area (Å²) in [6, 6.07) is 9.20. The van der Waals surface area contributed by atoms with Crippen molar-refractivity contribution < 1.29 is 9.59 Å². The summed E-state index contributed by atoms with van der Waals surface area (Å²) in [5, 5.41) is 17.4. The van der Waals surface area contributed by atoms with Gasteiger partial charge >= 0.3 is 6.03 Å². The molecule has 3 rings (SSSR count). The Balaban J connectivity index is 1.60. The predicted octanol–water partition coefficient (Wildman–Crippen LogP) is 2.31. The zero-order valence-corrected chi connectivity index (χ0v) is 17.8. The number of piperidine rings is 1. The zero-order valence-electron chi connectivity index (χ0n) is 17.8. The molecular weight excluding hydrogens is 394 g/mol. The number of urea groups is 1. The number of anilines is 2. The van der Waals surface area contributed by atoms with Crippen molar-refractivity contribution in [3.63, 3.8) is 0 Å². The number of carbonyl (C=O) groups excluding carboxylic acids is 2. The van der Waals surface area contributed by atoms with Crippen molar-refractivity contribution in [3.8, 4) is 6.07 Å². The molecule has 9 heteroatoms. The minimum absolute atomic E-state index is 0.243. The van der Waals surface area contributed by atoms with Gasteiger partial charge in [0.15, 0.2) is 5.69 Å². The van der Waals surface area contributed by atoms with Crippen LogP contribution in [0.3, 0.4) is 0 Å². The molecule has 3 amide bonds. The fraction of sp³-hybridized carbons (Fsp3) is 0.409. The van der Waals surface area contributed by atoms with Gasteiger partial charge in [-0.2, -0.15) is 5.26 Å². The van der Waals surface area contributed by atoms with E-state index in [2.05, 4.69) is 36.9 Å². The second kappa shape index (κ2) is 10.4. The quantitative estimate of drug-likeness (QED) is 0.658. The predicted molar refractivity (Wildman–Crippen MR) is 118 cm³/mol. The van der Waals surface area contributed by atoms with E-state index in [1.54, 1.807) is 18.3 Å². The monoisotopic (exact) mass is 421 g/mol. The molecule has 0 aromatic carbocycles. The fourth-order valence-corrected chi connectivity index (χ4v) is 3.75. The van der Waals surface area contributed by atoms with Crippen molar-refractivity contribution in [1.29, 1.82) is 5.26 Å². The van der Waals surface area contributed by atoms with Gasteiger partial charge in [-0.05, 0) is 61.9 Å². The van der Waals surface area contributed by atoms with Crippen molar-refractivity contribution in [2.24, 2.45) is 5.92 Å². The maximum atomic E-state index is 11.8. The van der Waals surface area contributed by atoms with Crippen molar-refractivity contribution in [3.05, 3.63) is 47.4 Å². The third-order valence-corrected chi connectivity index (χ3v) is 5.32. The molecule has 2 aromatic heterocycles. The van der Waals surface area contributed by atoms with E-state index in [4.69, 9.17) is 0 Å².